The van der Waals surface area contributed by atoms with Crippen LogP contribution in [0.5, 0.6) is 0 Å². The van der Waals surface area contributed by atoms with Gasteiger partial charge >= 0.3 is 0 Å². The lowest BCUT2D eigenvalue weighted by molar-refractivity contribution is -0.133. The van der Waals surface area contributed by atoms with Gasteiger partial charge in [0.15, 0.2) is 0 Å². The van der Waals surface area contributed by atoms with E-state index in [9.17, 15) is 14.4 Å². The maximum Gasteiger partial charge on any atom is 0.245 e. The van der Waals surface area contributed by atoms with Crippen molar-refractivity contribution in [1.82, 2.24) is 16.0 Å². The Labute approximate surface area is 125 Å². The molecule has 1 saturated heterocycles. The Morgan fingerprint density at radius 2 is 2.00 bits per heavy atom. The van der Waals surface area contributed by atoms with Crippen LogP contribution in [-0.2, 0) is 14.4 Å². The van der Waals surface area contributed by atoms with Crippen LogP contribution in [0.3, 0.4) is 0 Å². The number of nitrogens with one attached hydrogen (secondary N) is 3. The van der Waals surface area contributed by atoms with Gasteiger partial charge in [0.2, 0.25) is 17.7 Å². The van der Waals surface area contributed by atoms with Gasteiger partial charge in [-0.05, 0) is 31.2 Å². The lowest BCUT2D eigenvalue weighted by Crippen LogP contribution is -2.50. The molecular weight excluding hydrogens is 272 g/mol. The molecule has 0 bridgehead atoms. The molecular formula is C14H26N4O3. The molecule has 0 saturated carbocycles. The first kappa shape index (κ1) is 17.6. The van der Waals surface area contributed by atoms with Gasteiger partial charge < -0.3 is 16.4 Å². The van der Waals surface area contributed by atoms with E-state index < -0.39 is 11.9 Å². The van der Waals surface area contributed by atoms with E-state index in [4.69, 9.17) is 5.73 Å². The molecule has 0 aromatic rings. The molecule has 21 heavy (non-hydrogen) atoms. The number of carbonyl (C=O) groups is 3. The van der Waals surface area contributed by atoms with E-state index in [-0.39, 0.29) is 30.3 Å². The van der Waals surface area contributed by atoms with Crippen LogP contribution in [0.1, 0.15) is 33.6 Å². The third kappa shape index (κ3) is 5.81. The molecule has 7 nitrogen and oxygen atoms in total. The average molecular weight is 298 g/mol. The number of carbonyl (C=O) groups excluding carboxylic acids is 3. The van der Waals surface area contributed by atoms with Crippen molar-refractivity contribution in [2.24, 2.45) is 17.6 Å². The number of hydrogen-bond donors (Lipinski definition) is 4. The van der Waals surface area contributed by atoms with Crippen molar-refractivity contribution in [2.45, 2.75) is 45.7 Å². The number of amides is 3. The fraction of sp³-hybridized carbons (Fsp3) is 0.786. The van der Waals surface area contributed by atoms with Gasteiger partial charge in [0.1, 0.15) is 0 Å². The van der Waals surface area contributed by atoms with Crippen LogP contribution in [0.15, 0.2) is 0 Å². The van der Waals surface area contributed by atoms with E-state index in [1.165, 1.54) is 0 Å². The molecule has 3 amide bonds. The number of nitrogens with two attached hydrogens (primary N) is 1. The van der Waals surface area contributed by atoms with Crippen molar-refractivity contribution in [2.75, 3.05) is 13.1 Å². The summed E-state index contributed by atoms with van der Waals surface area (Å²) in [6.07, 6.45) is 1.46. The zero-order valence-electron chi connectivity index (χ0n) is 12.9. The number of rotatable bonds is 6. The number of imide groups is 1. The van der Waals surface area contributed by atoms with Crippen molar-refractivity contribution in [3.8, 4) is 0 Å². The molecule has 1 rings (SSSR count). The van der Waals surface area contributed by atoms with Gasteiger partial charge in [0, 0.05) is 0 Å². The average Bonchev–Trinajstić information content (AvgIpc) is 2.81. The summed E-state index contributed by atoms with van der Waals surface area (Å²) in [4.78, 5) is 35.2. The van der Waals surface area contributed by atoms with E-state index >= 15 is 0 Å². The topological polar surface area (TPSA) is 113 Å². The Kier molecular flexibility index (Phi) is 6.77. The predicted octanol–water partition coefficient (Wildman–Crippen LogP) is -0.883. The van der Waals surface area contributed by atoms with Crippen LogP contribution in [-0.4, -0.2) is 42.9 Å². The largest absolute Gasteiger partial charge is 0.346 e. The normalized spacial score (nSPS) is 22.9. The molecule has 5 N–H and O–H groups in total. The molecule has 0 radical (unpaired) electrons. The number of hydrogen-bond acceptors (Lipinski definition) is 5. The molecule has 1 aliphatic heterocycles. The quantitative estimate of drug-likeness (QED) is 0.508. The highest BCUT2D eigenvalue weighted by Gasteiger charge is 2.30. The molecule has 1 fully saturated rings. The predicted molar refractivity (Wildman–Crippen MR) is 79.2 cm³/mol. The second-order valence-electron chi connectivity index (χ2n) is 6.06. The van der Waals surface area contributed by atoms with Crippen LogP contribution in [0, 0.1) is 11.8 Å². The summed E-state index contributed by atoms with van der Waals surface area (Å²) in [6, 6.07) is -0.974. The van der Waals surface area contributed by atoms with Crippen molar-refractivity contribution in [3.63, 3.8) is 0 Å². The second-order valence-corrected chi connectivity index (χ2v) is 6.06. The standard InChI is InChI=1S/C14H26N4O3/c1-8(2)6-10(15)13(20)17-7-11(19)18-14(21)12-9(3)4-5-16-12/h8-10,12,16H,4-7,15H2,1-3H3,(H,17,20)(H,18,19,21)/t9?,10-,12+/m0/s1. The van der Waals surface area contributed by atoms with Crippen molar-refractivity contribution in [1.29, 1.82) is 0 Å². The summed E-state index contributed by atoms with van der Waals surface area (Å²) in [5, 5.41) is 7.78. The van der Waals surface area contributed by atoms with Gasteiger partial charge in [-0.1, -0.05) is 20.8 Å². The Bertz CT molecular complexity index is 398. The molecule has 1 heterocycles. The summed E-state index contributed by atoms with van der Waals surface area (Å²) < 4.78 is 0. The molecule has 120 valence electrons. The fourth-order valence-corrected chi connectivity index (χ4v) is 2.36. The van der Waals surface area contributed by atoms with Crippen molar-refractivity contribution >= 4 is 17.7 Å². The summed E-state index contributed by atoms with van der Waals surface area (Å²) in [6.45, 7) is 6.43. The fourth-order valence-electron chi connectivity index (χ4n) is 2.36. The molecule has 1 aliphatic rings. The Morgan fingerprint density at radius 3 is 2.52 bits per heavy atom. The first-order valence-electron chi connectivity index (χ1n) is 7.41. The highest BCUT2D eigenvalue weighted by atomic mass is 16.2. The summed E-state index contributed by atoms with van der Waals surface area (Å²) in [5.41, 5.74) is 5.70. The van der Waals surface area contributed by atoms with Crippen LogP contribution in [0.2, 0.25) is 0 Å². The van der Waals surface area contributed by atoms with E-state index in [0.29, 0.717) is 12.3 Å². The minimum absolute atomic E-state index is 0.201. The first-order valence-corrected chi connectivity index (χ1v) is 7.41. The third-order valence-electron chi connectivity index (χ3n) is 3.56. The molecule has 0 aliphatic carbocycles. The molecule has 0 aromatic heterocycles. The molecule has 7 heteroatoms. The lowest BCUT2D eigenvalue weighted by atomic mass is 10.0. The van der Waals surface area contributed by atoms with Crippen LogP contribution >= 0.6 is 0 Å². The van der Waals surface area contributed by atoms with Gasteiger partial charge in [-0.2, -0.15) is 0 Å². The summed E-state index contributed by atoms with van der Waals surface area (Å²) >= 11 is 0. The van der Waals surface area contributed by atoms with E-state index in [2.05, 4.69) is 16.0 Å². The van der Waals surface area contributed by atoms with Crippen LogP contribution in [0.4, 0.5) is 0 Å². The second kappa shape index (κ2) is 8.09. The lowest BCUT2D eigenvalue weighted by Gasteiger charge is -2.16. The summed E-state index contributed by atoms with van der Waals surface area (Å²) in [7, 11) is 0. The summed E-state index contributed by atoms with van der Waals surface area (Å²) in [5.74, 6) is -0.738. The minimum Gasteiger partial charge on any atom is -0.346 e. The smallest absolute Gasteiger partial charge is 0.245 e. The van der Waals surface area contributed by atoms with Gasteiger partial charge in [0.25, 0.3) is 0 Å². The van der Waals surface area contributed by atoms with E-state index in [0.717, 1.165) is 13.0 Å². The van der Waals surface area contributed by atoms with Gasteiger partial charge in [-0.3, -0.25) is 19.7 Å². The highest BCUT2D eigenvalue weighted by molar-refractivity contribution is 6.00. The van der Waals surface area contributed by atoms with Gasteiger partial charge in [-0.15, -0.1) is 0 Å². The zero-order valence-corrected chi connectivity index (χ0v) is 12.9. The molecule has 0 aromatic carbocycles. The van der Waals surface area contributed by atoms with E-state index in [1.807, 2.05) is 20.8 Å². The van der Waals surface area contributed by atoms with Gasteiger partial charge in [0.05, 0.1) is 18.6 Å². The van der Waals surface area contributed by atoms with Crippen LogP contribution in [0.25, 0.3) is 0 Å². The monoisotopic (exact) mass is 298 g/mol. The Balaban J connectivity index is 2.30. The SMILES string of the molecule is CC(C)C[C@H](N)C(=O)NCC(=O)NC(=O)[C@@H]1NCCC1C. The Hall–Kier alpha value is -1.47. The molecule has 0 spiro atoms. The van der Waals surface area contributed by atoms with E-state index in [1.54, 1.807) is 0 Å². The molecule has 3 atom stereocenters. The van der Waals surface area contributed by atoms with Crippen molar-refractivity contribution < 1.29 is 14.4 Å². The van der Waals surface area contributed by atoms with Gasteiger partial charge in [-0.25, -0.2) is 0 Å². The van der Waals surface area contributed by atoms with Crippen molar-refractivity contribution in [3.05, 3.63) is 0 Å². The minimum atomic E-state index is -0.634. The van der Waals surface area contributed by atoms with Crippen LogP contribution < -0.4 is 21.7 Å². The highest BCUT2D eigenvalue weighted by Crippen LogP contribution is 2.13. The zero-order chi connectivity index (χ0) is 16.0. The maximum absolute atomic E-state index is 11.9. The molecule has 1 unspecified atom stereocenters. The first-order chi connectivity index (χ1) is 9.81. The maximum atomic E-state index is 11.9. The third-order valence-corrected chi connectivity index (χ3v) is 3.56. The Morgan fingerprint density at radius 1 is 1.33 bits per heavy atom.